The van der Waals surface area contributed by atoms with E-state index in [0.717, 1.165) is 11.3 Å². The van der Waals surface area contributed by atoms with E-state index in [1.54, 1.807) is 0 Å². The molecular formula is C11H14BrCl2NO3S2. The first-order valence-electron chi connectivity index (χ1n) is 6.07. The van der Waals surface area contributed by atoms with Crippen molar-refractivity contribution in [1.82, 2.24) is 4.31 Å². The van der Waals surface area contributed by atoms with Gasteiger partial charge in [0.2, 0.25) is 0 Å². The van der Waals surface area contributed by atoms with Crippen LogP contribution in [0, 0.1) is 0 Å². The highest BCUT2D eigenvalue weighted by Crippen LogP contribution is 2.36. The van der Waals surface area contributed by atoms with E-state index in [1.807, 2.05) is 0 Å². The molecule has 1 saturated heterocycles. The zero-order chi connectivity index (χ0) is 14.8. The number of sulfonamides is 1. The van der Waals surface area contributed by atoms with Gasteiger partial charge in [-0.2, -0.15) is 4.31 Å². The second kappa shape index (κ2) is 7.26. The predicted molar refractivity (Wildman–Crippen MR) is 85.5 cm³/mol. The van der Waals surface area contributed by atoms with Gasteiger partial charge in [-0.3, -0.25) is 0 Å². The quantitative estimate of drug-likeness (QED) is 0.681. The Morgan fingerprint density at radius 3 is 2.60 bits per heavy atom. The molecule has 1 fully saturated rings. The van der Waals surface area contributed by atoms with Crippen molar-refractivity contribution in [1.29, 1.82) is 0 Å². The van der Waals surface area contributed by atoms with Crippen LogP contribution in [0.1, 0.15) is 12.8 Å². The zero-order valence-electron chi connectivity index (χ0n) is 10.5. The van der Waals surface area contributed by atoms with Crippen molar-refractivity contribution in [2.75, 3.05) is 25.6 Å². The highest BCUT2D eigenvalue weighted by atomic mass is 79.9. The van der Waals surface area contributed by atoms with Gasteiger partial charge in [-0.25, -0.2) is 8.42 Å². The first kappa shape index (κ1) is 17.0. The van der Waals surface area contributed by atoms with E-state index in [9.17, 15) is 8.42 Å². The molecule has 1 aliphatic heterocycles. The van der Waals surface area contributed by atoms with E-state index in [1.165, 1.54) is 10.4 Å². The number of halogens is 3. The van der Waals surface area contributed by atoms with Crippen molar-refractivity contribution < 1.29 is 13.2 Å². The number of nitrogens with zero attached hydrogens (tertiary/aromatic N) is 1. The minimum atomic E-state index is -3.45. The van der Waals surface area contributed by atoms with Gasteiger partial charge in [0.1, 0.15) is 4.21 Å². The third kappa shape index (κ3) is 3.88. The van der Waals surface area contributed by atoms with Gasteiger partial charge in [0.15, 0.2) is 0 Å². The Kier molecular flexibility index (Phi) is 6.17. The molecule has 4 nitrogen and oxygen atoms in total. The lowest BCUT2D eigenvalue weighted by Crippen LogP contribution is -2.40. The second-order valence-electron chi connectivity index (χ2n) is 4.35. The van der Waals surface area contributed by atoms with Crippen LogP contribution >= 0.6 is 50.5 Å². The molecule has 0 unspecified atom stereocenters. The Morgan fingerprint density at radius 1 is 1.45 bits per heavy atom. The molecule has 0 aliphatic carbocycles. The van der Waals surface area contributed by atoms with Crippen molar-refractivity contribution in [3.8, 4) is 0 Å². The van der Waals surface area contributed by atoms with Gasteiger partial charge in [-0.15, -0.1) is 22.9 Å². The van der Waals surface area contributed by atoms with Crippen molar-refractivity contribution in [2.45, 2.75) is 23.2 Å². The van der Waals surface area contributed by atoms with Gasteiger partial charge in [-0.05, 0) is 34.8 Å². The summed E-state index contributed by atoms with van der Waals surface area (Å²) in [6.07, 6.45) is 1.48. The molecule has 0 aromatic carbocycles. The second-order valence-corrected chi connectivity index (χ2v) is 9.67. The van der Waals surface area contributed by atoms with Crippen LogP contribution in [0.15, 0.2) is 14.1 Å². The van der Waals surface area contributed by atoms with Gasteiger partial charge in [0.05, 0.1) is 21.5 Å². The van der Waals surface area contributed by atoms with Crippen LogP contribution in [0.2, 0.25) is 5.02 Å². The molecule has 0 spiro atoms. The molecule has 0 amide bonds. The van der Waals surface area contributed by atoms with Crippen molar-refractivity contribution >= 4 is 60.5 Å². The van der Waals surface area contributed by atoms with Crippen LogP contribution in [0.25, 0.3) is 0 Å². The normalized spacial score (nSPS) is 18.6. The SMILES string of the molecule is O=S(=O)(c1cc(Cl)c(Br)s1)N1CCC(OCCCl)CC1. The van der Waals surface area contributed by atoms with Gasteiger partial charge >= 0.3 is 0 Å². The number of ether oxygens (including phenoxy) is 1. The first-order valence-corrected chi connectivity index (χ1v) is 10.0. The standard InChI is InChI=1S/C11H14BrCl2NO3S2/c12-11-9(14)7-10(19-11)20(16,17)15-4-1-8(2-5-15)18-6-3-13/h7-8H,1-6H2. The summed E-state index contributed by atoms with van der Waals surface area (Å²) in [6, 6.07) is 1.49. The fourth-order valence-corrected chi connectivity index (χ4v) is 6.14. The number of hydrogen-bond acceptors (Lipinski definition) is 4. The predicted octanol–water partition coefficient (Wildman–Crippen LogP) is 3.57. The highest BCUT2D eigenvalue weighted by molar-refractivity contribution is 9.11. The molecule has 1 aliphatic rings. The monoisotopic (exact) mass is 421 g/mol. The number of hydrogen-bond donors (Lipinski definition) is 0. The number of piperidine rings is 1. The molecule has 0 bridgehead atoms. The van der Waals surface area contributed by atoms with Gasteiger partial charge in [-0.1, -0.05) is 11.6 Å². The summed E-state index contributed by atoms with van der Waals surface area (Å²) in [5, 5.41) is 0.425. The summed E-state index contributed by atoms with van der Waals surface area (Å²) < 4.78 is 32.9. The van der Waals surface area contributed by atoms with Crippen LogP contribution in [-0.4, -0.2) is 44.4 Å². The molecule has 0 saturated carbocycles. The Hall–Kier alpha value is 0.630. The number of rotatable bonds is 5. The van der Waals surface area contributed by atoms with Gasteiger partial charge < -0.3 is 4.74 Å². The Morgan fingerprint density at radius 2 is 2.10 bits per heavy atom. The molecule has 2 heterocycles. The molecule has 0 atom stereocenters. The minimum Gasteiger partial charge on any atom is -0.377 e. The molecule has 2 rings (SSSR count). The van der Waals surface area contributed by atoms with Crippen LogP contribution in [0.5, 0.6) is 0 Å². The highest BCUT2D eigenvalue weighted by Gasteiger charge is 2.31. The summed E-state index contributed by atoms with van der Waals surface area (Å²) in [4.78, 5) is 0. The lowest BCUT2D eigenvalue weighted by molar-refractivity contribution is 0.0301. The topological polar surface area (TPSA) is 46.6 Å². The van der Waals surface area contributed by atoms with Crippen LogP contribution in [-0.2, 0) is 14.8 Å². The van der Waals surface area contributed by atoms with Crippen molar-refractivity contribution in [3.63, 3.8) is 0 Å². The van der Waals surface area contributed by atoms with Crippen LogP contribution in [0.4, 0.5) is 0 Å². The summed E-state index contributed by atoms with van der Waals surface area (Å²) in [5.74, 6) is 0.459. The Labute approximate surface area is 141 Å². The fraction of sp³-hybridized carbons (Fsp3) is 0.636. The molecule has 9 heteroatoms. The third-order valence-corrected chi connectivity index (χ3v) is 8.03. The molecule has 1 aromatic heterocycles. The Bertz CT molecular complexity index is 537. The molecule has 20 heavy (non-hydrogen) atoms. The summed E-state index contributed by atoms with van der Waals surface area (Å²) >= 11 is 15.9. The van der Waals surface area contributed by atoms with E-state index in [4.69, 9.17) is 27.9 Å². The van der Waals surface area contributed by atoms with Crippen LogP contribution in [0.3, 0.4) is 0 Å². The molecule has 0 N–H and O–H groups in total. The van der Waals surface area contributed by atoms with Gasteiger partial charge in [0.25, 0.3) is 10.0 Å². The molecular weight excluding hydrogens is 409 g/mol. The van der Waals surface area contributed by atoms with E-state index in [-0.39, 0.29) is 10.3 Å². The summed E-state index contributed by atoms with van der Waals surface area (Å²) in [7, 11) is -3.45. The first-order chi connectivity index (χ1) is 9.45. The lowest BCUT2D eigenvalue weighted by atomic mass is 10.1. The van der Waals surface area contributed by atoms with E-state index < -0.39 is 10.0 Å². The van der Waals surface area contributed by atoms with Crippen molar-refractivity contribution in [3.05, 3.63) is 14.9 Å². The van der Waals surface area contributed by atoms with Crippen molar-refractivity contribution in [2.24, 2.45) is 0 Å². The zero-order valence-corrected chi connectivity index (χ0v) is 15.3. The maximum atomic E-state index is 12.5. The van der Waals surface area contributed by atoms with Gasteiger partial charge in [0, 0.05) is 19.0 Å². The smallest absolute Gasteiger partial charge is 0.252 e. The maximum Gasteiger partial charge on any atom is 0.252 e. The van der Waals surface area contributed by atoms with E-state index in [0.29, 0.717) is 47.2 Å². The fourth-order valence-electron chi connectivity index (χ4n) is 2.03. The number of alkyl halides is 1. The van der Waals surface area contributed by atoms with E-state index >= 15 is 0 Å². The third-order valence-electron chi connectivity index (χ3n) is 3.05. The lowest BCUT2D eigenvalue weighted by Gasteiger charge is -2.30. The summed E-state index contributed by atoms with van der Waals surface area (Å²) in [6.45, 7) is 1.43. The molecule has 0 radical (unpaired) electrons. The van der Waals surface area contributed by atoms with Crippen LogP contribution < -0.4 is 0 Å². The average molecular weight is 423 g/mol. The number of thiophene rings is 1. The minimum absolute atomic E-state index is 0.0962. The molecule has 114 valence electrons. The summed E-state index contributed by atoms with van der Waals surface area (Å²) in [5.41, 5.74) is 0. The largest absolute Gasteiger partial charge is 0.377 e. The average Bonchev–Trinajstić information content (AvgIpc) is 2.77. The maximum absolute atomic E-state index is 12.5. The molecule has 1 aromatic rings. The Balaban J connectivity index is 2.02. The van der Waals surface area contributed by atoms with E-state index in [2.05, 4.69) is 15.9 Å².